The lowest BCUT2D eigenvalue weighted by Gasteiger charge is -2.19. The molecule has 8 heteroatoms. The monoisotopic (exact) mass is 268 g/mol. The number of carbonyl (C=O) groups is 2. The molecule has 1 rings (SSSR count). The summed E-state index contributed by atoms with van der Waals surface area (Å²) < 4.78 is 1.50. The van der Waals surface area contributed by atoms with Crippen molar-refractivity contribution >= 4 is 11.8 Å². The molecule has 1 heterocycles. The molecule has 1 aromatic rings. The summed E-state index contributed by atoms with van der Waals surface area (Å²) in [6, 6.07) is 0. The standard InChI is InChI=1S/C11H20N6O2/c1-2-3-5-16(8-10(13)18)11(19)9-7-17(6-4-12)15-14-9/h7H,2-6,8,12H2,1H3,(H2,13,18). The van der Waals surface area contributed by atoms with Gasteiger partial charge in [-0.15, -0.1) is 5.10 Å². The van der Waals surface area contributed by atoms with Crippen LogP contribution in [0.4, 0.5) is 0 Å². The van der Waals surface area contributed by atoms with Gasteiger partial charge in [-0.3, -0.25) is 14.3 Å². The van der Waals surface area contributed by atoms with Crippen molar-refractivity contribution in [3.8, 4) is 0 Å². The van der Waals surface area contributed by atoms with E-state index in [0.717, 1.165) is 12.8 Å². The smallest absolute Gasteiger partial charge is 0.276 e. The second kappa shape index (κ2) is 7.47. The number of amides is 2. The summed E-state index contributed by atoms with van der Waals surface area (Å²) in [5, 5.41) is 7.58. The average Bonchev–Trinajstić information content (AvgIpc) is 2.82. The van der Waals surface area contributed by atoms with Crippen molar-refractivity contribution in [2.24, 2.45) is 11.5 Å². The van der Waals surface area contributed by atoms with Crippen LogP contribution in [0, 0.1) is 0 Å². The molecule has 106 valence electrons. The predicted molar refractivity (Wildman–Crippen MR) is 69.1 cm³/mol. The molecule has 0 fully saturated rings. The van der Waals surface area contributed by atoms with Gasteiger partial charge in [0.1, 0.15) is 0 Å². The van der Waals surface area contributed by atoms with Crippen LogP contribution >= 0.6 is 0 Å². The Hall–Kier alpha value is -1.96. The Bertz CT molecular complexity index is 431. The van der Waals surface area contributed by atoms with Crippen LogP contribution in [0.5, 0.6) is 0 Å². The summed E-state index contributed by atoms with van der Waals surface area (Å²) in [7, 11) is 0. The maximum Gasteiger partial charge on any atom is 0.276 e. The lowest BCUT2D eigenvalue weighted by atomic mass is 10.3. The first-order valence-electron chi connectivity index (χ1n) is 6.26. The van der Waals surface area contributed by atoms with E-state index in [4.69, 9.17) is 11.5 Å². The largest absolute Gasteiger partial charge is 0.368 e. The molecule has 8 nitrogen and oxygen atoms in total. The van der Waals surface area contributed by atoms with Crippen molar-refractivity contribution in [3.63, 3.8) is 0 Å². The van der Waals surface area contributed by atoms with Crippen LogP contribution < -0.4 is 11.5 Å². The Morgan fingerprint density at radius 1 is 1.47 bits per heavy atom. The first-order chi connectivity index (χ1) is 9.08. The van der Waals surface area contributed by atoms with E-state index in [-0.39, 0.29) is 18.1 Å². The molecule has 2 amide bonds. The Kier molecular flexibility index (Phi) is 5.94. The van der Waals surface area contributed by atoms with Crippen molar-refractivity contribution in [2.45, 2.75) is 26.3 Å². The molecule has 0 spiro atoms. The number of aromatic nitrogens is 3. The number of nitrogens with zero attached hydrogens (tertiary/aromatic N) is 4. The van der Waals surface area contributed by atoms with Crippen molar-refractivity contribution in [1.82, 2.24) is 19.9 Å². The van der Waals surface area contributed by atoms with Gasteiger partial charge in [0, 0.05) is 13.1 Å². The van der Waals surface area contributed by atoms with Crippen LogP contribution in [0.25, 0.3) is 0 Å². The zero-order chi connectivity index (χ0) is 14.3. The number of hydrogen-bond donors (Lipinski definition) is 2. The fraction of sp³-hybridized carbons (Fsp3) is 0.636. The second-order valence-electron chi connectivity index (χ2n) is 4.20. The lowest BCUT2D eigenvalue weighted by Crippen LogP contribution is -2.39. The molecular weight excluding hydrogens is 248 g/mol. The van der Waals surface area contributed by atoms with Crippen molar-refractivity contribution in [2.75, 3.05) is 19.6 Å². The van der Waals surface area contributed by atoms with E-state index in [1.807, 2.05) is 6.92 Å². The maximum absolute atomic E-state index is 12.2. The third kappa shape index (κ3) is 4.66. The number of carbonyl (C=O) groups excluding carboxylic acids is 2. The third-order valence-electron chi connectivity index (χ3n) is 2.53. The molecule has 0 aliphatic heterocycles. The highest BCUT2D eigenvalue weighted by molar-refractivity contribution is 5.94. The molecule has 1 aromatic heterocycles. The van der Waals surface area contributed by atoms with Crippen molar-refractivity contribution < 1.29 is 9.59 Å². The van der Waals surface area contributed by atoms with E-state index >= 15 is 0 Å². The molecule has 0 bridgehead atoms. The Balaban J connectivity index is 2.75. The van der Waals surface area contributed by atoms with Crippen molar-refractivity contribution in [1.29, 1.82) is 0 Å². The minimum absolute atomic E-state index is 0.109. The van der Waals surface area contributed by atoms with Gasteiger partial charge < -0.3 is 16.4 Å². The van der Waals surface area contributed by atoms with E-state index in [0.29, 0.717) is 19.6 Å². The molecule has 0 aliphatic carbocycles. The van der Waals surface area contributed by atoms with Gasteiger partial charge in [0.2, 0.25) is 5.91 Å². The first-order valence-corrected chi connectivity index (χ1v) is 6.26. The summed E-state index contributed by atoms with van der Waals surface area (Å²) in [5.74, 6) is -0.880. The Labute approximate surface area is 111 Å². The van der Waals surface area contributed by atoms with Gasteiger partial charge in [-0.2, -0.15) is 0 Å². The zero-order valence-electron chi connectivity index (χ0n) is 11.1. The van der Waals surface area contributed by atoms with Gasteiger partial charge in [0.15, 0.2) is 5.69 Å². The van der Waals surface area contributed by atoms with Gasteiger partial charge in [-0.1, -0.05) is 18.6 Å². The van der Waals surface area contributed by atoms with Gasteiger partial charge in [-0.25, -0.2) is 0 Å². The highest BCUT2D eigenvalue weighted by atomic mass is 16.2. The Morgan fingerprint density at radius 3 is 2.79 bits per heavy atom. The molecular formula is C11H20N6O2. The predicted octanol–water partition coefficient (Wildman–Crippen LogP) is -1.04. The third-order valence-corrected chi connectivity index (χ3v) is 2.53. The molecule has 0 aromatic carbocycles. The molecule has 0 unspecified atom stereocenters. The van der Waals surface area contributed by atoms with Crippen LogP contribution in [0.3, 0.4) is 0 Å². The highest BCUT2D eigenvalue weighted by Crippen LogP contribution is 2.03. The van der Waals surface area contributed by atoms with Gasteiger partial charge >= 0.3 is 0 Å². The number of rotatable bonds is 8. The summed E-state index contributed by atoms with van der Waals surface area (Å²) in [6.07, 6.45) is 3.24. The molecule has 4 N–H and O–H groups in total. The molecule has 0 radical (unpaired) electrons. The number of primary amides is 1. The quantitative estimate of drug-likeness (QED) is 0.624. The first kappa shape index (κ1) is 15.1. The van der Waals surface area contributed by atoms with E-state index < -0.39 is 5.91 Å². The minimum atomic E-state index is -0.543. The molecule has 0 saturated carbocycles. The molecule has 0 saturated heterocycles. The number of hydrogen-bond acceptors (Lipinski definition) is 5. The highest BCUT2D eigenvalue weighted by Gasteiger charge is 2.20. The molecule has 19 heavy (non-hydrogen) atoms. The van der Waals surface area contributed by atoms with Gasteiger partial charge in [0.05, 0.1) is 19.3 Å². The van der Waals surface area contributed by atoms with Crippen LogP contribution in [-0.2, 0) is 11.3 Å². The topological polar surface area (TPSA) is 120 Å². The Morgan fingerprint density at radius 2 is 2.21 bits per heavy atom. The van der Waals surface area contributed by atoms with Crippen molar-refractivity contribution in [3.05, 3.63) is 11.9 Å². The molecule has 0 aliphatic rings. The number of nitrogens with two attached hydrogens (primary N) is 2. The van der Waals surface area contributed by atoms with E-state index in [9.17, 15) is 9.59 Å². The lowest BCUT2D eigenvalue weighted by molar-refractivity contribution is -0.118. The molecule has 0 atom stereocenters. The SMILES string of the molecule is CCCCN(CC(N)=O)C(=O)c1cn(CCN)nn1. The summed E-state index contributed by atoms with van der Waals surface area (Å²) in [6.45, 7) is 3.28. The fourth-order valence-corrected chi connectivity index (χ4v) is 1.59. The zero-order valence-corrected chi connectivity index (χ0v) is 11.1. The summed E-state index contributed by atoms with van der Waals surface area (Å²) in [4.78, 5) is 24.6. The minimum Gasteiger partial charge on any atom is -0.368 e. The van der Waals surface area contributed by atoms with E-state index in [2.05, 4.69) is 10.3 Å². The summed E-state index contributed by atoms with van der Waals surface area (Å²) in [5.41, 5.74) is 10.7. The van der Waals surface area contributed by atoms with Crippen LogP contribution in [0.2, 0.25) is 0 Å². The van der Waals surface area contributed by atoms with Gasteiger partial charge in [-0.05, 0) is 6.42 Å². The fourth-order valence-electron chi connectivity index (χ4n) is 1.59. The van der Waals surface area contributed by atoms with E-state index in [1.165, 1.54) is 15.8 Å². The maximum atomic E-state index is 12.2. The van der Waals surface area contributed by atoms with E-state index in [1.54, 1.807) is 0 Å². The average molecular weight is 268 g/mol. The van der Waals surface area contributed by atoms with Gasteiger partial charge in [0.25, 0.3) is 5.91 Å². The van der Waals surface area contributed by atoms with Crippen LogP contribution in [-0.4, -0.2) is 51.3 Å². The second-order valence-corrected chi connectivity index (χ2v) is 4.20. The summed E-state index contributed by atoms with van der Waals surface area (Å²) >= 11 is 0. The van der Waals surface area contributed by atoms with Crippen LogP contribution in [0.1, 0.15) is 30.3 Å². The number of unbranched alkanes of at least 4 members (excludes halogenated alkanes) is 1. The normalized spacial score (nSPS) is 10.4. The van der Waals surface area contributed by atoms with Crippen LogP contribution in [0.15, 0.2) is 6.20 Å².